The lowest BCUT2D eigenvalue weighted by atomic mass is 10.0. The first kappa shape index (κ1) is 13.4. The molecular formula is C15H24N2O. The van der Waals surface area contributed by atoms with E-state index in [0.29, 0.717) is 0 Å². The minimum Gasteiger partial charge on any atom is -0.394 e. The summed E-state index contributed by atoms with van der Waals surface area (Å²) in [5.41, 5.74) is 2.43. The summed E-state index contributed by atoms with van der Waals surface area (Å²) in [6.45, 7) is 2.43. The highest BCUT2D eigenvalue weighted by atomic mass is 16.3. The predicted octanol–water partition coefficient (Wildman–Crippen LogP) is 2.27. The zero-order valence-corrected chi connectivity index (χ0v) is 11.5. The average Bonchev–Trinajstić information content (AvgIpc) is 2.41. The highest BCUT2D eigenvalue weighted by Gasteiger charge is 2.21. The Morgan fingerprint density at radius 1 is 1.11 bits per heavy atom. The van der Waals surface area contributed by atoms with Crippen LogP contribution in [0.1, 0.15) is 30.9 Å². The summed E-state index contributed by atoms with van der Waals surface area (Å²) in [4.78, 5) is 4.51. The molecule has 1 heterocycles. The molecule has 3 nitrogen and oxygen atoms in total. The van der Waals surface area contributed by atoms with Crippen LogP contribution < -0.4 is 4.90 Å². The standard InChI is InChI=1S/C15H24N2O/c1-16(2)14-8-6-13(7-9-14)15(12-18)17-10-4-3-5-11-17/h6-9,15,18H,3-5,10-12H2,1-2H3. The summed E-state index contributed by atoms with van der Waals surface area (Å²) in [6.07, 6.45) is 3.84. The maximum Gasteiger partial charge on any atom is 0.0628 e. The van der Waals surface area contributed by atoms with Crippen molar-refractivity contribution in [3.63, 3.8) is 0 Å². The van der Waals surface area contributed by atoms with Crippen molar-refractivity contribution < 1.29 is 5.11 Å². The molecule has 1 aromatic rings. The van der Waals surface area contributed by atoms with Gasteiger partial charge in [-0.25, -0.2) is 0 Å². The number of aliphatic hydroxyl groups excluding tert-OH is 1. The smallest absolute Gasteiger partial charge is 0.0628 e. The van der Waals surface area contributed by atoms with E-state index in [1.807, 2.05) is 14.1 Å². The van der Waals surface area contributed by atoms with E-state index < -0.39 is 0 Å². The SMILES string of the molecule is CN(C)c1ccc(C(CO)N2CCCCC2)cc1. The van der Waals surface area contributed by atoms with Gasteiger partial charge >= 0.3 is 0 Å². The summed E-state index contributed by atoms with van der Waals surface area (Å²) in [5, 5.41) is 9.66. The molecule has 1 saturated heterocycles. The van der Waals surface area contributed by atoms with Crippen LogP contribution in [0.3, 0.4) is 0 Å². The molecule has 1 unspecified atom stereocenters. The zero-order valence-electron chi connectivity index (χ0n) is 11.5. The average molecular weight is 248 g/mol. The van der Waals surface area contributed by atoms with Crippen molar-refractivity contribution in [2.45, 2.75) is 25.3 Å². The first-order valence-corrected chi connectivity index (χ1v) is 6.84. The Labute approximate surface area is 110 Å². The van der Waals surface area contributed by atoms with Crippen molar-refractivity contribution in [2.24, 2.45) is 0 Å². The topological polar surface area (TPSA) is 26.7 Å². The third kappa shape index (κ3) is 3.03. The van der Waals surface area contributed by atoms with Gasteiger partial charge in [-0.1, -0.05) is 18.6 Å². The van der Waals surface area contributed by atoms with Gasteiger partial charge in [-0.3, -0.25) is 4.90 Å². The molecule has 0 aliphatic carbocycles. The summed E-state index contributed by atoms with van der Waals surface area (Å²) in [6, 6.07) is 8.71. The largest absolute Gasteiger partial charge is 0.394 e. The van der Waals surface area contributed by atoms with Gasteiger partial charge in [0.25, 0.3) is 0 Å². The lowest BCUT2D eigenvalue weighted by Crippen LogP contribution is -2.35. The Bertz CT molecular complexity index is 355. The molecule has 1 aromatic carbocycles. The zero-order chi connectivity index (χ0) is 13.0. The number of benzene rings is 1. The molecule has 0 saturated carbocycles. The van der Waals surface area contributed by atoms with Gasteiger partial charge in [-0.05, 0) is 43.6 Å². The quantitative estimate of drug-likeness (QED) is 0.885. The molecule has 1 fully saturated rings. The van der Waals surface area contributed by atoms with Crippen LogP contribution in [-0.4, -0.2) is 43.8 Å². The van der Waals surface area contributed by atoms with E-state index >= 15 is 0 Å². The lowest BCUT2D eigenvalue weighted by Gasteiger charge is -2.33. The molecule has 1 aliphatic rings. The summed E-state index contributed by atoms with van der Waals surface area (Å²) < 4.78 is 0. The van der Waals surface area contributed by atoms with E-state index in [1.165, 1.54) is 30.5 Å². The van der Waals surface area contributed by atoms with Crippen LogP contribution in [0, 0.1) is 0 Å². The third-order valence-corrected chi connectivity index (χ3v) is 3.80. The first-order valence-electron chi connectivity index (χ1n) is 6.84. The number of anilines is 1. The molecule has 100 valence electrons. The van der Waals surface area contributed by atoms with Gasteiger partial charge in [0.1, 0.15) is 0 Å². The van der Waals surface area contributed by atoms with Crippen molar-refractivity contribution >= 4 is 5.69 Å². The molecule has 0 radical (unpaired) electrons. The second kappa shape index (κ2) is 6.21. The fourth-order valence-electron chi connectivity index (χ4n) is 2.66. The number of hydrogen-bond donors (Lipinski definition) is 1. The monoisotopic (exact) mass is 248 g/mol. The fraction of sp³-hybridized carbons (Fsp3) is 0.600. The summed E-state index contributed by atoms with van der Waals surface area (Å²) in [7, 11) is 4.09. The van der Waals surface area contributed by atoms with Crippen molar-refractivity contribution in [3.8, 4) is 0 Å². The number of hydrogen-bond acceptors (Lipinski definition) is 3. The molecule has 1 aliphatic heterocycles. The number of nitrogens with zero attached hydrogens (tertiary/aromatic N) is 2. The van der Waals surface area contributed by atoms with Crippen molar-refractivity contribution in [2.75, 3.05) is 38.7 Å². The van der Waals surface area contributed by atoms with Crippen LogP contribution in [0.2, 0.25) is 0 Å². The van der Waals surface area contributed by atoms with E-state index in [0.717, 1.165) is 13.1 Å². The van der Waals surface area contributed by atoms with E-state index in [2.05, 4.69) is 34.1 Å². The fourth-order valence-corrected chi connectivity index (χ4v) is 2.66. The molecule has 0 amide bonds. The molecule has 18 heavy (non-hydrogen) atoms. The van der Waals surface area contributed by atoms with Gasteiger partial charge in [-0.15, -0.1) is 0 Å². The summed E-state index contributed by atoms with van der Waals surface area (Å²) >= 11 is 0. The number of likely N-dealkylation sites (tertiary alicyclic amines) is 1. The normalized spacial score (nSPS) is 18.6. The van der Waals surface area contributed by atoms with Crippen molar-refractivity contribution in [1.82, 2.24) is 4.90 Å². The van der Waals surface area contributed by atoms with Gasteiger partial charge in [0.15, 0.2) is 0 Å². The van der Waals surface area contributed by atoms with E-state index in [9.17, 15) is 5.11 Å². The number of piperidine rings is 1. The lowest BCUT2D eigenvalue weighted by molar-refractivity contribution is 0.104. The van der Waals surface area contributed by atoms with E-state index in [4.69, 9.17) is 0 Å². The van der Waals surface area contributed by atoms with Gasteiger partial charge in [-0.2, -0.15) is 0 Å². The van der Waals surface area contributed by atoms with Crippen molar-refractivity contribution in [1.29, 1.82) is 0 Å². The van der Waals surface area contributed by atoms with Gasteiger partial charge in [0, 0.05) is 19.8 Å². The maximum atomic E-state index is 9.66. The number of rotatable bonds is 4. The van der Waals surface area contributed by atoms with Crippen LogP contribution in [0.5, 0.6) is 0 Å². The van der Waals surface area contributed by atoms with Crippen LogP contribution >= 0.6 is 0 Å². The minimum absolute atomic E-state index is 0.168. The molecule has 0 spiro atoms. The first-order chi connectivity index (χ1) is 8.72. The molecule has 1 atom stereocenters. The van der Waals surface area contributed by atoms with Crippen LogP contribution in [0.25, 0.3) is 0 Å². The highest BCUT2D eigenvalue weighted by Crippen LogP contribution is 2.25. The van der Waals surface area contributed by atoms with Crippen LogP contribution in [0.15, 0.2) is 24.3 Å². The van der Waals surface area contributed by atoms with E-state index in [-0.39, 0.29) is 12.6 Å². The number of aliphatic hydroxyl groups is 1. The Kier molecular flexibility index (Phi) is 4.61. The Hall–Kier alpha value is -1.06. The molecule has 0 bridgehead atoms. The minimum atomic E-state index is 0.168. The molecule has 1 N–H and O–H groups in total. The Balaban J connectivity index is 2.11. The van der Waals surface area contributed by atoms with Crippen molar-refractivity contribution in [3.05, 3.63) is 29.8 Å². The van der Waals surface area contributed by atoms with Crippen LogP contribution in [-0.2, 0) is 0 Å². The maximum absolute atomic E-state index is 9.66. The highest BCUT2D eigenvalue weighted by molar-refractivity contribution is 5.46. The van der Waals surface area contributed by atoms with Gasteiger partial charge in [0.2, 0.25) is 0 Å². The molecular weight excluding hydrogens is 224 g/mol. The predicted molar refractivity (Wildman–Crippen MR) is 76.0 cm³/mol. The second-order valence-electron chi connectivity index (χ2n) is 5.28. The van der Waals surface area contributed by atoms with E-state index in [1.54, 1.807) is 0 Å². The summed E-state index contributed by atoms with van der Waals surface area (Å²) in [5.74, 6) is 0. The molecule has 0 aromatic heterocycles. The van der Waals surface area contributed by atoms with Crippen LogP contribution in [0.4, 0.5) is 5.69 Å². The third-order valence-electron chi connectivity index (χ3n) is 3.80. The van der Waals surface area contributed by atoms with Gasteiger partial charge < -0.3 is 10.0 Å². The molecule has 2 rings (SSSR count). The Morgan fingerprint density at radius 3 is 2.22 bits per heavy atom. The molecule has 3 heteroatoms. The van der Waals surface area contributed by atoms with Gasteiger partial charge in [0.05, 0.1) is 12.6 Å². The second-order valence-corrected chi connectivity index (χ2v) is 5.28. The Morgan fingerprint density at radius 2 is 1.72 bits per heavy atom.